The number of aliphatic hydroxyl groups is 4. The number of nitrogens with zero attached hydrogens (tertiary/aromatic N) is 1. The van der Waals surface area contributed by atoms with E-state index in [1.807, 2.05) is 39.0 Å². The Hall–Kier alpha value is -2.74. The SMILES string of the molecule is Cc1cc(OCCCNCC(C)C(N)=O)ccc1Cc1c(OC2OC(CO)[C@@H](O)C(O)[C@H]2O)n[nH]c1C(C)C. The van der Waals surface area contributed by atoms with E-state index in [2.05, 4.69) is 15.5 Å². The minimum Gasteiger partial charge on any atom is -0.494 e. The molecule has 1 aromatic heterocycles. The molecule has 2 heterocycles. The van der Waals surface area contributed by atoms with Gasteiger partial charge >= 0.3 is 0 Å². The van der Waals surface area contributed by atoms with Crippen molar-refractivity contribution in [1.82, 2.24) is 15.5 Å². The Kier molecular flexibility index (Phi) is 11.1. The Balaban J connectivity index is 1.65. The summed E-state index contributed by atoms with van der Waals surface area (Å²) >= 11 is 0. The molecule has 39 heavy (non-hydrogen) atoms. The van der Waals surface area contributed by atoms with Gasteiger partial charge < -0.3 is 45.7 Å². The average molecular weight is 551 g/mol. The molecule has 0 aliphatic carbocycles. The van der Waals surface area contributed by atoms with Crippen LogP contribution in [0.3, 0.4) is 0 Å². The van der Waals surface area contributed by atoms with Crippen molar-refractivity contribution in [2.45, 2.75) is 77.2 Å². The Labute approximate surface area is 228 Å². The molecule has 12 heteroatoms. The highest BCUT2D eigenvalue weighted by molar-refractivity contribution is 5.76. The lowest BCUT2D eigenvalue weighted by atomic mass is 9.96. The molecule has 6 atom stereocenters. The summed E-state index contributed by atoms with van der Waals surface area (Å²) in [4.78, 5) is 11.1. The molecule has 2 aromatic rings. The van der Waals surface area contributed by atoms with Crippen LogP contribution in [-0.2, 0) is 16.0 Å². The third-order valence-electron chi connectivity index (χ3n) is 6.90. The number of H-pyrrole nitrogens is 1. The van der Waals surface area contributed by atoms with Gasteiger partial charge in [0.05, 0.1) is 13.2 Å². The topological polar surface area (TPSA) is 192 Å². The lowest BCUT2D eigenvalue weighted by Gasteiger charge is -2.39. The quantitative estimate of drug-likeness (QED) is 0.159. The van der Waals surface area contributed by atoms with Crippen molar-refractivity contribution in [2.24, 2.45) is 11.7 Å². The first-order valence-electron chi connectivity index (χ1n) is 13.3. The number of ether oxygens (including phenoxy) is 3. The molecule has 3 rings (SSSR count). The highest BCUT2D eigenvalue weighted by atomic mass is 16.7. The number of aromatic nitrogens is 2. The highest BCUT2D eigenvalue weighted by Crippen LogP contribution is 2.32. The van der Waals surface area contributed by atoms with Gasteiger partial charge in [0.15, 0.2) is 0 Å². The van der Waals surface area contributed by atoms with E-state index in [-0.39, 0.29) is 23.6 Å². The minimum absolute atomic E-state index is 0.0992. The third kappa shape index (κ3) is 7.90. The molecule has 218 valence electrons. The number of aliphatic hydroxyl groups excluding tert-OH is 4. The minimum atomic E-state index is -1.54. The maximum Gasteiger partial charge on any atom is 0.238 e. The number of primary amides is 1. The van der Waals surface area contributed by atoms with Gasteiger partial charge in [0, 0.05) is 30.1 Å². The van der Waals surface area contributed by atoms with Crippen LogP contribution in [0, 0.1) is 12.8 Å². The molecule has 12 nitrogen and oxygen atoms in total. The van der Waals surface area contributed by atoms with Crippen molar-refractivity contribution in [3.05, 3.63) is 40.6 Å². The molecule has 1 saturated heterocycles. The van der Waals surface area contributed by atoms with Crippen LogP contribution in [0.1, 0.15) is 55.5 Å². The fourth-order valence-electron chi connectivity index (χ4n) is 4.34. The number of aryl methyl sites for hydroxylation is 1. The smallest absolute Gasteiger partial charge is 0.238 e. The monoisotopic (exact) mass is 550 g/mol. The maximum atomic E-state index is 11.1. The number of hydrogen-bond acceptors (Lipinski definition) is 10. The molecule has 0 spiro atoms. The summed E-state index contributed by atoms with van der Waals surface area (Å²) in [5.74, 6) is 0.521. The van der Waals surface area contributed by atoms with E-state index in [1.165, 1.54) is 0 Å². The van der Waals surface area contributed by atoms with Crippen molar-refractivity contribution in [3.8, 4) is 11.6 Å². The summed E-state index contributed by atoms with van der Waals surface area (Å²) < 4.78 is 17.3. The second kappa shape index (κ2) is 14.1. The van der Waals surface area contributed by atoms with Gasteiger partial charge in [-0.15, -0.1) is 5.10 Å². The van der Waals surface area contributed by atoms with Gasteiger partial charge in [-0.05, 0) is 49.1 Å². The van der Waals surface area contributed by atoms with Crippen molar-refractivity contribution in [1.29, 1.82) is 0 Å². The summed E-state index contributed by atoms with van der Waals surface area (Å²) in [6.07, 6.45) is -5.70. The summed E-state index contributed by atoms with van der Waals surface area (Å²) in [6.45, 7) is 9.03. The van der Waals surface area contributed by atoms with Crippen molar-refractivity contribution in [2.75, 3.05) is 26.3 Å². The Bertz CT molecular complexity index is 1080. The zero-order valence-electron chi connectivity index (χ0n) is 23.0. The second-order valence-corrected chi connectivity index (χ2v) is 10.4. The van der Waals surface area contributed by atoms with E-state index in [0.717, 1.165) is 34.6 Å². The van der Waals surface area contributed by atoms with Gasteiger partial charge in [-0.2, -0.15) is 0 Å². The van der Waals surface area contributed by atoms with E-state index in [4.69, 9.17) is 19.9 Å². The number of aromatic amines is 1. The highest BCUT2D eigenvalue weighted by Gasteiger charge is 2.45. The van der Waals surface area contributed by atoms with E-state index >= 15 is 0 Å². The van der Waals surface area contributed by atoms with Gasteiger partial charge in [-0.3, -0.25) is 9.89 Å². The molecular formula is C27H42N4O8. The van der Waals surface area contributed by atoms with E-state index < -0.39 is 37.3 Å². The van der Waals surface area contributed by atoms with Crippen LogP contribution in [0.25, 0.3) is 0 Å². The van der Waals surface area contributed by atoms with Crippen LogP contribution in [0.15, 0.2) is 18.2 Å². The summed E-state index contributed by atoms with van der Waals surface area (Å²) in [5, 5.41) is 50.5. The third-order valence-corrected chi connectivity index (χ3v) is 6.90. The molecule has 0 radical (unpaired) electrons. The molecule has 1 fully saturated rings. The van der Waals surface area contributed by atoms with Crippen molar-refractivity contribution < 1.29 is 39.4 Å². The normalized spacial score (nSPS) is 24.1. The summed E-state index contributed by atoms with van der Waals surface area (Å²) in [6, 6.07) is 5.84. The first-order valence-corrected chi connectivity index (χ1v) is 13.3. The van der Waals surface area contributed by atoms with Crippen molar-refractivity contribution in [3.63, 3.8) is 0 Å². The zero-order chi connectivity index (χ0) is 28.7. The maximum absolute atomic E-state index is 11.1. The summed E-state index contributed by atoms with van der Waals surface area (Å²) in [7, 11) is 0. The first-order chi connectivity index (χ1) is 18.5. The average Bonchev–Trinajstić information content (AvgIpc) is 3.29. The standard InChI is InChI=1S/C27H42N4O8/c1-14(2)21-19(26(31-30-21)39-27-24(35)23(34)22(33)20(13-32)38-27)11-17-6-7-18(10-15(17)3)37-9-5-8-29-12-16(4)25(28)36/h6-7,10,14,16,20,22-24,27,29,32-35H,5,8-9,11-13H2,1-4H3,(H2,28,36)(H,30,31)/t16?,20?,22-,23?,24-,27?/m1/s1. The largest absolute Gasteiger partial charge is 0.494 e. The number of amides is 1. The number of benzene rings is 1. The van der Waals surface area contributed by atoms with E-state index in [1.54, 1.807) is 6.92 Å². The molecule has 1 amide bonds. The molecule has 0 saturated carbocycles. The number of hydrogen-bond donors (Lipinski definition) is 7. The van der Waals surface area contributed by atoms with Gasteiger partial charge in [-0.25, -0.2) is 0 Å². The number of nitrogens with one attached hydrogen (secondary N) is 2. The zero-order valence-corrected chi connectivity index (χ0v) is 23.0. The molecule has 4 unspecified atom stereocenters. The lowest BCUT2D eigenvalue weighted by molar-refractivity contribution is -0.278. The van der Waals surface area contributed by atoms with E-state index in [0.29, 0.717) is 26.1 Å². The Morgan fingerprint density at radius 3 is 2.59 bits per heavy atom. The first kappa shape index (κ1) is 30.8. The van der Waals surface area contributed by atoms with Gasteiger partial charge in [-0.1, -0.05) is 26.8 Å². The van der Waals surface area contributed by atoms with Crippen LogP contribution in [0.4, 0.5) is 0 Å². The molecule has 1 aliphatic rings. The number of rotatable bonds is 14. The van der Waals surface area contributed by atoms with Gasteiger partial charge in [0.1, 0.15) is 30.2 Å². The lowest BCUT2D eigenvalue weighted by Crippen LogP contribution is -2.60. The van der Waals surface area contributed by atoms with Gasteiger partial charge in [0.25, 0.3) is 0 Å². The molecule has 1 aromatic carbocycles. The molecular weight excluding hydrogens is 508 g/mol. The predicted octanol–water partition coefficient (Wildman–Crippen LogP) is 0.0909. The van der Waals surface area contributed by atoms with Crippen molar-refractivity contribution >= 4 is 5.91 Å². The van der Waals surface area contributed by atoms with Gasteiger partial charge in [0.2, 0.25) is 18.1 Å². The Morgan fingerprint density at radius 1 is 1.21 bits per heavy atom. The van der Waals surface area contributed by atoms with E-state index in [9.17, 15) is 25.2 Å². The van der Waals surface area contributed by atoms with Crippen LogP contribution >= 0.6 is 0 Å². The predicted molar refractivity (Wildman–Crippen MR) is 142 cm³/mol. The fourth-order valence-corrected chi connectivity index (χ4v) is 4.34. The fraction of sp³-hybridized carbons (Fsp3) is 0.630. The molecule has 8 N–H and O–H groups in total. The second-order valence-electron chi connectivity index (χ2n) is 10.4. The molecule has 1 aliphatic heterocycles. The number of nitrogens with two attached hydrogens (primary N) is 1. The number of carbonyl (C=O) groups excluding carboxylic acids is 1. The molecule has 0 bridgehead atoms. The van der Waals surface area contributed by atoms with Crippen LogP contribution in [-0.4, -0.2) is 93.5 Å². The number of carbonyl (C=O) groups is 1. The Morgan fingerprint density at radius 2 is 1.95 bits per heavy atom. The van der Waals surface area contributed by atoms with Crippen LogP contribution < -0.4 is 20.5 Å². The summed E-state index contributed by atoms with van der Waals surface area (Å²) in [5.41, 5.74) is 8.92. The van der Waals surface area contributed by atoms with Crippen LogP contribution in [0.5, 0.6) is 11.6 Å². The van der Waals surface area contributed by atoms with Crippen LogP contribution in [0.2, 0.25) is 0 Å².